The number of aliphatic hydroxyl groups excluding tert-OH is 1. The van der Waals surface area contributed by atoms with Crippen molar-refractivity contribution >= 4 is 0 Å². The van der Waals surface area contributed by atoms with E-state index >= 15 is 0 Å². The van der Waals surface area contributed by atoms with Crippen molar-refractivity contribution < 1.29 is 9.84 Å². The molecular weight excluding hydrogens is 140 g/mol. The Bertz CT molecular complexity index is 94.2. The van der Waals surface area contributed by atoms with Gasteiger partial charge in [-0.25, -0.2) is 0 Å². The van der Waals surface area contributed by atoms with E-state index in [4.69, 9.17) is 9.84 Å². The molecule has 0 saturated carbocycles. The highest BCUT2D eigenvalue weighted by Crippen LogP contribution is 2.14. The quantitative estimate of drug-likeness (QED) is 0.679. The van der Waals surface area contributed by atoms with Crippen molar-refractivity contribution in [2.75, 3.05) is 13.2 Å². The number of hydrogen-bond donors (Lipinski definition) is 1. The average Bonchev–Trinajstić information content (AvgIpc) is 1.83. The maximum absolute atomic E-state index is 8.59. The third-order valence-electron chi connectivity index (χ3n) is 1.34. The molecule has 0 aliphatic carbocycles. The summed E-state index contributed by atoms with van der Waals surface area (Å²) < 4.78 is 5.49. The van der Waals surface area contributed by atoms with Crippen LogP contribution >= 0.6 is 0 Å². The lowest BCUT2D eigenvalue weighted by atomic mass is 9.98. The molecule has 0 radical (unpaired) electrons. The van der Waals surface area contributed by atoms with Crippen LogP contribution in [-0.4, -0.2) is 24.4 Å². The van der Waals surface area contributed by atoms with Crippen molar-refractivity contribution in [2.24, 2.45) is 5.41 Å². The molecule has 1 N–H and O–H groups in total. The molecule has 0 aliphatic heterocycles. The summed E-state index contributed by atoms with van der Waals surface area (Å²) in [6.07, 6.45) is 0.912. The van der Waals surface area contributed by atoms with Gasteiger partial charge >= 0.3 is 0 Å². The van der Waals surface area contributed by atoms with E-state index in [1.54, 1.807) is 0 Å². The molecule has 0 spiro atoms. The molecule has 0 amide bonds. The summed E-state index contributed by atoms with van der Waals surface area (Å²) in [7, 11) is 0. The molecular formula is C9H20O2. The van der Waals surface area contributed by atoms with E-state index in [9.17, 15) is 0 Å². The second-order valence-corrected chi connectivity index (χ2v) is 4.19. The molecule has 0 aromatic carbocycles. The zero-order valence-corrected chi connectivity index (χ0v) is 8.05. The fourth-order valence-electron chi connectivity index (χ4n) is 0.657. The van der Waals surface area contributed by atoms with Crippen LogP contribution in [0.3, 0.4) is 0 Å². The van der Waals surface area contributed by atoms with Gasteiger partial charge in [0, 0.05) is 6.61 Å². The molecule has 0 fully saturated rings. The molecule has 0 bridgehead atoms. The van der Waals surface area contributed by atoms with E-state index in [2.05, 4.69) is 20.8 Å². The van der Waals surface area contributed by atoms with Crippen LogP contribution < -0.4 is 0 Å². The van der Waals surface area contributed by atoms with E-state index in [0.717, 1.165) is 13.0 Å². The van der Waals surface area contributed by atoms with Crippen LogP contribution in [0.15, 0.2) is 0 Å². The Morgan fingerprint density at radius 1 is 1.36 bits per heavy atom. The summed E-state index contributed by atoms with van der Waals surface area (Å²) in [5.41, 5.74) is 0.226. The second-order valence-electron chi connectivity index (χ2n) is 4.19. The van der Waals surface area contributed by atoms with Crippen LogP contribution in [0.2, 0.25) is 0 Å². The van der Waals surface area contributed by atoms with E-state index in [1.807, 2.05) is 6.92 Å². The van der Waals surface area contributed by atoms with Crippen LogP contribution in [0.5, 0.6) is 0 Å². The number of aliphatic hydroxyl groups is 1. The van der Waals surface area contributed by atoms with Gasteiger partial charge in [0.05, 0.1) is 12.7 Å². The Kier molecular flexibility index (Phi) is 4.69. The van der Waals surface area contributed by atoms with Gasteiger partial charge in [-0.05, 0) is 18.8 Å². The van der Waals surface area contributed by atoms with Gasteiger partial charge in [0.1, 0.15) is 0 Å². The summed E-state index contributed by atoms with van der Waals surface area (Å²) in [5.74, 6) is 0. The summed E-state index contributed by atoms with van der Waals surface area (Å²) in [6.45, 7) is 9.37. The highest BCUT2D eigenvalue weighted by atomic mass is 16.5. The molecule has 68 valence electrons. The largest absolute Gasteiger partial charge is 0.396 e. The highest BCUT2D eigenvalue weighted by Gasteiger charge is 2.12. The van der Waals surface area contributed by atoms with Gasteiger partial charge in [-0.15, -0.1) is 0 Å². The van der Waals surface area contributed by atoms with Gasteiger partial charge in [0.2, 0.25) is 0 Å². The number of hydrogen-bond acceptors (Lipinski definition) is 2. The molecule has 0 aromatic rings. The Morgan fingerprint density at radius 3 is 2.27 bits per heavy atom. The van der Waals surface area contributed by atoms with Crippen LogP contribution in [0.25, 0.3) is 0 Å². The van der Waals surface area contributed by atoms with Crippen LogP contribution in [0.1, 0.15) is 34.1 Å². The number of ether oxygens (including phenoxy) is 1. The molecule has 0 aliphatic rings. The zero-order chi connectivity index (χ0) is 8.91. The van der Waals surface area contributed by atoms with Crippen molar-refractivity contribution in [3.05, 3.63) is 0 Å². The smallest absolute Gasteiger partial charge is 0.0569 e. The fraction of sp³-hybridized carbons (Fsp3) is 1.00. The minimum atomic E-state index is 0.180. The minimum absolute atomic E-state index is 0.180. The van der Waals surface area contributed by atoms with Crippen molar-refractivity contribution in [1.82, 2.24) is 0 Å². The average molecular weight is 160 g/mol. The van der Waals surface area contributed by atoms with E-state index < -0.39 is 0 Å². The van der Waals surface area contributed by atoms with Crippen molar-refractivity contribution in [3.63, 3.8) is 0 Å². The van der Waals surface area contributed by atoms with E-state index in [0.29, 0.717) is 0 Å². The topological polar surface area (TPSA) is 29.5 Å². The van der Waals surface area contributed by atoms with Crippen LogP contribution in [-0.2, 0) is 4.74 Å². The Morgan fingerprint density at radius 2 is 1.91 bits per heavy atom. The second kappa shape index (κ2) is 4.73. The predicted octanol–water partition coefficient (Wildman–Crippen LogP) is 1.82. The molecule has 1 unspecified atom stereocenters. The zero-order valence-electron chi connectivity index (χ0n) is 8.05. The highest BCUT2D eigenvalue weighted by molar-refractivity contribution is 4.60. The standard InChI is InChI=1S/C9H20O2/c1-8(5-6-10)11-7-9(2,3)4/h8,10H,5-7H2,1-4H3. The molecule has 2 nitrogen and oxygen atoms in total. The maximum Gasteiger partial charge on any atom is 0.0569 e. The van der Waals surface area contributed by atoms with Crippen molar-refractivity contribution in [2.45, 2.75) is 40.2 Å². The lowest BCUT2D eigenvalue weighted by molar-refractivity contribution is 0.00680. The third-order valence-corrected chi connectivity index (χ3v) is 1.34. The van der Waals surface area contributed by atoms with Gasteiger partial charge < -0.3 is 9.84 Å². The van der Waals surface area contributed by atoms with Crippen LogP contribution in [0, 0.1) is 5.41 Å². The summed E-state index contributed by atoms with van der Waals surface area (Å²) in [4.78, 5) is 0. The summed E-state index contributed by atoms with van der Waals surface area (Å²) in [6, 6.07) is 0. The molecule has 0 rings (SSSR count). The lowest BCUT2D eigenvalue weighted by Gasteiger charge is -2.21. The molecule has 1 atom stereocenters. The predicted molar refractivity (Wildman–Crippen MR) is 46.6 cm³/mol. The van der Waals surface area contributed by atoms with Crippen molar-refractivity contribution in [1.29, 1.82) is 0 Å². The molecule has 11 heavy (non-hydrogen) atoms. The SMILES string of the molecule is CC(CCO)OCC(C)(C)C. The first-order valence-electron chi connectivity index (χ1n) is 4.18. The summed E-state index contributed by atoms with van der Waals surface area (Å²) in [5, 5.41) is 8.59. The van der Waals surface area contributed by atoms with Gasteiger partial charge in [0.15, 0.2) is 0 Å². The maximum atomic E-state index is 8.59. The fourth-order valence-corrected chi connectivity index (χ4v) is 0.657. The lowest BCUT2D eigenvalue weighted by Crippen LogP contribution is -2.20. The summed E-state index contributed by atoms with van der Waals surface area (Å²) >= 11 is 0. The first-order chi connectivity index (χ1) is 4.95. The molecule has 0 aromatic heterocycles. The third kappa shape index (κ3) is 7.82. The van der Waals surface area contributed by atoms with Gasteiger partial charge in [0.25, 0.3) is 0 Å². The van der Waals surface area contributed by atoms with E-state index in [1.165, 1.54) is 0 Å². The van der Waals surface area contributed by atoms with E-state index in [-0.39, 0.29) is 18.1 Å². The Balaban J connectivity index is 3.38. The monoisotopic (exact) mass is 160 g/mol. The number of rotatable bonds is 4. The minimum Gasteiger partial charge on any atom is -0.396 e. The normalized spacial score (nSPS) is 15.0. The Labute approximate surface area is 69.6 Å². The first-order valence-corrected chi connectivity index (χ1v) is 4.18. The van der Waals surface area contributed by atoms with Gasteiger partial charge in [-0.1, -0.05) is 20.8 Å². The van der Waals surface area contributed by atoms with Crippen LogP contribution in [0.4, 0.5) is 0 Å². The molecule has 2 heteroatoms. The van der Waals surface area contributed by atoms with Gasteiger partial charge in [-0.3, -0.25) is 0 Å². The molecule has 0 saturated heterocycles. The molecule has 0 heterocycles. The van der Waals surface area contributed by atoms with Crippen molar-refractivity contribution in [3.8, 4) is 0 Å². The van der Waals surface area contributed by atoms with Gasteiger partial charge in [-0.2, -0.15) is 0 Å². The first kappa shape index (κ1) is 10.9. The Hall–Kier alpha value is -0.0800.